The molecular formula is C85H83Cl6FN14O10S. The van der Waals surface area contributed by atoms with E-state index in [9.17, 15) is 41.9 Å². The first-order chi connectivity index (χ1) is 56.2. The number of piperidine rings is 2. The minimum atomic E-state index is -3.59. The molecule has 10 aromatic rings. The van der Waals surface area contributed by atoms with Crippen molar-refractivity contribution in [3.8, 4) is 28.6 Å². The summed E-state index contributed by atoms with van der Waals surface area (Å²) in [7, 11) is -0.379. The number of methoxy groups -OCH3 is 2. The molecule has 0 spiro atoms. The van der Waals surface area contributed by atoms with Crippen LogP contribution in [0.1, 0.15) is 146 Å². The molecule has 4 N–H and O–H groups in total. The number of ether oxygens (including phenoxy) is 2. The van der Waals surface area contributed by atoms with E-state index in [0.717, 1.165) is 105 Å². The van der Waals surface area contributed by atoms with E-state index >= 15 is 0 Å². The van der Waals surface area contributed by atoms with Crippen LogP contribution in [0, 0.1) is 5.82 Å². The van der Waals surface area contributed by atoms with Crippen LogP contribution in [-0.4, -0.2) is 169 Å². The van der Waals surface area contributed by atoms with Gasteiger partial charge in [-0.3, -0.25) is 39.7 Å². The monoisotopic (exact) mass is 1720 g/mol. The lowest BCUT2D eigenvalue weighted by molar-refractivity contribution is -0.138. The van der Waals surface area contributed by atoms with Crippen molar-refractivity contribution in [1.82, 2.24) is 69.6 Å². The Bertz CT molecular complexity index is 5620. The van der Waals surface area contributed by atoms with E-state index in [1.54, 1.807) is 105 Å². The predicted octanol–water partition coefficient (Wildman–Crippen LogP) is 16.1. The number of carbonyl (C=O) groups is 5. The van der Waals surface area contributed by atoms with Crippen molar-refractivity contribution in [2.24, 2.45) is 0 Å². The Morgan fingerprint density at radius 1 is 0.504 bits per heavy atom. The fraction of sp³-hybridized carbons (Fsp3) is 0.271. The van der Waals surface area contributed by atoms with Gasteiger partial charge >= 0.3 is 5.97 Å². The number of aromatic nitrogens is 6. The van der Waals surface area contributed by atoms with Gasteiger partial charge in [-0.25, -0.2) is 36.9 Å². The zero-order chi connectivity index (χ0) is 82.9. The van der Waals surface area contributed by atoms with Gasteiger partial charge in [0.15, 0.2) is 17.1 Å². The lowest BCUT2D eigenvalue weighted by atomic mass is 9.97. The van der Waals surface area contributed by atoms with Gasteiger partial charge in [-0.05, 0) is 181 Å². The molecule has 4 amide bonds. The van der Waals surface area contributed by atoms with Crippen LogP contribution < -0.4 is 25.6 Å². The number of halogens is 7. The zero-order valence-corrected chi connectivity index (χ0v) is 69.8. The molecule has 2 saturated heterocycles. The summed E-state index contributed by atoms with van der Waals surface area (Å²) in [5.41, 5.74) is 17.5. The minimum absolute atomic E-state index is 0.00206. The fourth-order valence-corrected chi connectivity index (χ4v) is 16.8. The number of aliphatic carboxylic acids is 1. The van der Waals surface area contributed by atoms with E-state index < -0.39 is 27.8 Å². The summed E-state index contributed by atoms with van der Waals surface area (Å²) in [5.74, 6) is -1.11. The Labute approximate surface area is 706 Å². The summed E-state index contributed by atoms with van der Waals surface area (Å²) >= 11 is 38.3. The molecule has 0 saturated carbocycles. The Hall–Kier alpha value is -10.2. The topological polar surface area (TPSA) is 264 Å². The van der Waals surface area contributed by atoms with Gasteiger partial charge < -0.3 is 24.8 Å². The first-order valence-electron chi connectivity index (χ1n) is 37.7. The molecule has 608 valence electrons. The number of carboxylic acids is 1. The van der Waals surface area contributed by atoms with Crippen LogP contribution in [0.4, 0.5) is 4.39 Å². The quantitative estimate of drug-likeness (QED) is 0.0622. The lowest BCUT2D eigenvalue weighted by Crippen LogP contribution is -2.45. The average molecular weight is 1720 g/mol. The van der Waals surface area contributed by atoms with E-state index in [1.165, 1.54) is 23.4 Å². The molecule has 24 nitrogen and oxygen atoms in total. The highest BCUT2D eigenvalue weighted by Crippen LogP contribution is 2.41. The Morgan fingerprint density at radius 2 is 0.897 bits per heavy atom. The molecule has 7 aromatic carbocycles. The van der Waals surface area contributed by atoms with Crippen LogP contribution >= 0.6 is 69.6 Å². The van der Waals surface area contributed by atoms with Gasteiger partial charge in [0.25, 0.3) is 17.7 Å². The number of hydrogen-bond donors (Lipinski definition) is 4. The highest BCUT2D eigenvalue weighted by molar-refractivity contribution is 7.88. The van der Waals surface area contributed by atoms with Gasteiger partial charge in [-0.1, -0.05) is 149 Å². The number of sulfonamides is 1. The third kappa shape index (κ3) is 20.3. The smallest absolute Gasteiger partial charge is 0.317 e. The number of amides is 4. The second kappa shape index (κ2) is 37.6. The highest BCUT2D eigenvalue weighted by atomic mass is 35.5. The van der Waals surface area contributed by atoms with Crippen molar-refractivity contribution < 1.29 is 51.4 Å². The van der Waals surface area contributed by atoms with E-state index in [-0.39, 0.29) is 80.0 Å². The van der Waals surface area contributed by atoms with Crippen molar-refractivity contribution in [2.45, 2.75) is 78.0 Å². The van der Waals surface area contributed by atoms with E-state index in [2.05, 4.69) is 16.2 Å². The maximum absolute atomic E-state index is 13.7. The SMILES string of the molecule is COc1ccc(/C=C2\CN(C(C)=O)Cc3c(C(=O)NN4CCCCC4)nn(-c4ccc(Cl)cc4Cl)c32)cc1.COc1ccc(/C=C2\CN(S(C)(=O)=O)Cc3c(C(=O)NN4CCCCC4)nn(-c4ccc(Cl)cc4Cl)c32)cc1.C[C@@H](NC(=O)c1nn(-c2ccc(Cl)cc2Cl)c2c1CN(CC(=O)O)C/C2=C\c1ccc(F)cc1)c1ccccc1. The average Bonchev–Trinajstić information content (AvgIpc) is 1.56. The molecule has 1 atom stereocenters. The van der Waals surface area contributed by atoms with Crippen LogP contribution in [0.3, 0.4) is 0 Å². The van der Waals surface area contributed by atoms with Crippen molar-refractivity contribution in [1.29, 1.82) is 0 Å². The van der Waals surface area contributed by atoms with Gasteiger partial charge in [0.05, 0.1) is 88.8 Å². The largest absolute Gasteiger partial charge is 0.497 e. The van der Waals surface area contributed by atoms with Crippen LogP contribution in [0.25, 0.3) is 52.0 Å². The Kier molecular flexibility index (Phi) is 27.2. The van der Waals surface area contributed by atoms with Gasteiger partial charge in [0.2, 0.25) is 15.9 Å². The van der Waals surface area contributed by atoms with Gasteiger partial charge in [-0.15, -0.1) is 0 Å². The number of carbonyl (C=O) groups excluding carboxylic acids is 4. The maximum Gasteiger partial charge on any atom is 0.317 e. The molecule has 8 heterocycles. The second-order valence-electron chi connectivity index (χ2n) is 28.7. The number of rotatable bonds is 18. The van der Waals surface area contributed by atoms with E-state index in [1.807, 2.05) is 114 Å². The van der Waals surface area contributed by atoms with Gasteiger partial charge in [0, 0.05) is 97.6 Å². The first kappa shape index (κ1) is 84.7. The Morgan fingerprint density at radius 3 is 1.30 bits per heavy atom. The van der Waals surface area contributed by atoms with E-state index in [4.69, 9.17) is 94.4 Å². The molecule has 0 radical (unpaired) electrons. The molecule has 3 aromatic heterocycles. The normalized spacial score (nSPS) is 16.5. The zero-order valence-electron chi connectivity index (χ0n) is 64.4. The van der Waals surface area contributed by atoms with E-state index in [0.29, 0.717) is 104 Å². The number of hydrogen-bond acceptors (Lipinski definition) is 15. The van der Waals surface area contributed by atoms with Gasteiger partial charge in [-0.2, -0.15) is 19.6 Å². The summed E-state index contributed by atoms with van der Waals surface area (Å²) in [5, 5.41) is 33.1. The van der Waals surface area contributed by atoms with Crippen LogP contribution in [0.5, 0.6) is 11.5 Å². The standard InChI is InChI=1S/C30H25Cl2FN4O3.C28H29Cl2N5O3.C27H29Cl2N5O4S/c1-18(20-5-3-2-4-6-20)34-30(40)28-24-16-36(17-27(38)39)15-21(13-19-7-10-23(33)11-8-19)29(24)37(35-28)26-12-9-22(31)14-25(26)32;1-18(36)33-16-20(14-19-6-9-22(38-2)10-7-19)27-23(17-33)26(28(37)32-34-12-4-3-5-13-34)31-35(27)25-11-8-21(29)15-24(25)30;1-38-21-9-6-18(7-10-21)14-19-16-33(39(2,36)37)17-22-25(27(35)31-32-12-4-3-5-13-32)30-34(26(19)22)24-11-8-20(28)15-23(24)29/h2-14,18H,15-17H2,1H3,(H,34,40)(H,38,39);6-11,14-15H,3-5,12-13,16-17H2,1-2H3,(H,32,37);6-11,14-15H,3-5,12-13,16-17H2,1-2H3,(H,31,35)/b21-13+;20-14+;19-14+/t18-;;/m1../s1. The molecule has 15 rings (SSSR count). The van der Waals surface area contributed by atoms with Gasteiger partial charge in [0.1, 0.15) is 17.3 Å². The molecule has 2 fully saturated rings. The molecule has 117 heavy (non-hydrogen) atoms. The van der Waals surface area contributed by atoms with Crippen molar-refractivity contribution in [3.05, 3.63) is 267 Å². The number of nitrogens with one attached hydrogen (secondary N) is 3. The molecule has 5 aliphatic heterocycles. The summed E-state index contributed by atoms with van der Waals surface area (Å²) in [4.78, 5) is 68.5. The molecule has 0 unspecified atom stereocenters. The maximum atomic E-state index is 13.7. The van der Waals surface area contributed by atoms with Crippen LogP contribution in [-0.2, 0) is 39.2 Å². The summed E-state index contributed by atoms with van der Waals surface area (Å²) in [6.07, 6.45) is 13.2. The summed E-state index contributed by atoms with van der Waals surface area (Å²) in [6, 6.07) is 45.4. The molecule has 0 aliphatic carbocycles. The second-order valence-corrected chi connectivity index (χ2v) is 33.2. The number of fused-ring (bicyclic) bond motifs is 3. The summed E-state index contributed by atoms with van der Waals surface area (Å²) in [6.45, 7) is 7.40. The first-order valence-corrected chi connectivity index (χ1v) is 41.8. The van der Waals surface area contributed by atoms with Crippen molar-refractivity contribution in [3.63, 3.8) is 0 Å². The number of benzene rings is 7. The van der Waals surface area contributed by atoms with Crippen molar-refractivity contribution >= 4 is 144 Å². The minimum Gasteiger partial charge on any atom is -0.497 e. The third-order valence-electron chi connectivity index (χ3n) is 20.4. The highest BCUT2D eigenvalue weighted by Gasteiger charge is 2.39. The molecular weight excluding hydrogens is 1640 g/mol. The number of nitrogens with zero attached hydrogens (tertiary/aromatic N) is 11. The molecule has 32 heteroatoms. The molecule has 0 bridgehead atoms. The summed E-state index contributed by atoms with van der Waals surface area (Å²) < 4.78 is 56.0. The predicted molar refractivity (Wildman–Crippen MR) is 454 cm³/mol. The van der Waals surface area contributed by atoms with Crippen LogP contribution in [0.2, 0.25) is 30.1 Å². The van der Waals surface area contributed by atoms with Crippen LogP contribution in [0.15, 0.2) is 158 Å². The fourth-order valence-electron chi connectivity index (χ4n) is 14.6. The lowest BCUT2D eigenvalue weighted by Gasteiger charge is -2.30. The third-order valence-corrected chi connectivity index (χ3v) is 23.2. The molecule has 5 aliphatic rings. The number of hydrazine groups is 2. The number of carboxylic acid groups (broad SMARTS) is 1. The Balaban J connectivity index is 0.000000152. The van der Waals surface area contributed by atoms with Crippen molar-refractivity contribution in [2.75, 3.05) is 72.8 Å².